The van der Waals surface area contributed by atoms with Gasteiger partial charge in [0, 0.05) is 13.1 Å². The molecule has 12 heavy (non-hydrogen) atoms. The average Bonchev–Trinajstić information content (AvgIpc) is 2.26. The molecule has 0 unspecified atom stereocenters. The normalized spacial score (nSPS) is 10.8. The lowest BCUT2D eigenvalue weighted by Crippen LogP contribution is -2.05. The summed E-state index contributed by atoms with van der Waals surface area (Å²) in [5.74, 6) is -0.450. The molecule has 1 aromatic rings. The van der Waals surface area contributed by atoms with Gasteiger partial charge in [-0.1, -0.05) is 0 Å². The molecule has 0 fully saturated rings. The molecule has 0 bridgehead atoms. The number of carbonyl (C=O) groups excluding carboxylic acids is 1. The first kappa shape index (κ1) is 8.52. The molecule has 1 amide bonds. The Hall–Kier alpha value is -1.58. The average molecular weight is 165 g/mol. The van der Waals surface area contributed by atoms with E-state index in [0.29, 0.717) is 0 Å². The van der Waals surface area contributed by atoms with Crippen molar-refractivity contribution in [2.75, 3.05) is 0 Å². The molecule has 0 saturated carbocycles. The molecule has 1 heterocycles. The molecular weight excluding hydrogens is 154 g/mol. The summed E-state index contributed by atoms with van der Waals surface area (Å²) in [6.45, 7) is 1.89. The van der Waals surface area contributed by atoms with Crippen LogP contribution in [0.25, 0.3) is 6.08 Å². The number of rotatable bonds is 2. The first-order chi connectivity index (χ1) is 5.59. The minimum absolute atomic E-state index is 0.450. The van der Waals surface area contributed by atoms with Gasteiger partial charge < -0.3 is 5.73 Å². The van der Waals surface area contributed by atoms with E-state index in [2.05, 4.69) is 5.10 Å². The smallest absolute Gasteiger partial charge is 0.241 e. The zero-order chi connectivity index (χ0) is 9.14. The number of carbonyl (C=O) groups is 1. The van der Waals surface area contributed by atoms with E-state index >= 15 is 0 Å². The zero-order valence-corrected chi connectivity index (χ0v) is 7.11. The van der Waals surface area contributed by atoms with Crippen LogP contribution >= 0.6 is 0 Å². The summed E-state index contributed by atoms with van der Waals surface area (Å²) < 4.78 is 1.69. The van der Waals surface area contributed by atoms with Gasteiger partial charge in [-0.25, -0.2) is 0 Å². The molecule has 0 atom stereocenters. The van der Waals surface area contributed by atoms with Crippen LogP contribution in [0.4, 0.5) is 0 Å². The van der Waals surface area contributed by atoms with Crippen LogP contribution in [-0.4, -0.2) is 15.7 Å². The van der Waals surface area contributed by atoms with E-state index in [1.165, 1.54) is 6.08 Å². The number of hydrogen-bond acceptors (Lipinski definition) is 2. The van der Waals surface area contributed by atoms with Crippen molar-refractivity contribution in [1.29, 1.82) is 0 Å². The van der Waals surface area contributed by atoms with Crippen LogP contribution in [0.2, 0.25) is 0 Å². The number of nitrogens with zero attached hydrogens (tertiary/aromatic N) is 2. The van der Waals surface area contributed by atoms with Gasteiger partial charge in [-0.15, -0.1) is 0 Å². The van der Waals surface area contributed by atoms with Gasteiger partial charge in [-0.3, -0.25) is 9.48 Å². The van der Waals surface area contributed by atoms with Crippen LogP contribution in [-0.2, 0) is 11.8 Å². The van der Waals surface area contributed by atoms with Crippen molar-refractivity contribution in [3.05, 3.63) is 23.5 Å². The first-order valence-corrected chi connectivity index (χ1v) is 3.58. The van der Waals surface area contributed by atoms with E-state index in [9.17, 15) is 4.79 Å². The Bertz CT molecular complexity index is 325. The van der Waals surface area contributed by atoms with Crippen LogP contribution in [0.15, 0.2) is 12.1 Å². The predicted octanol–water partition coefficient (Wildman–Crippen LogP) is 0.227. The lowest BCUT2D eigenvalue weighted by molar-refractivity contribution is -0.113. The highest BCUT2D eigenvalue weighted by Gasteiger charge is 1.96. The molecule has 0 spiro atoms. The number of nitrogens with two attached hydrogens (primary N) is 1. The summed E-state index contributed by atoms with van der Waals surface area (Å²) in [7, 11) is 1.81. The minimum Gasteiger partial charge on any atom is -0.366 e. The summed E-state index contributed by atoms with van der Waals surface area (Å²) in [6, 6.07) is 1.87. The summed E-state index contributed by atoms with van der Waals surface area (Å²) in [5, 5.41) is 4.10. The molecule has 2 N–H and O–H groups in total. The SMILES string of the molecule is Cc1cc(/C=C\C(N)=O)n(C)n1. The fourth-order valence-corrected chi connectivity index (χ4v) is 0.954. The van der Waals surface area contributed by atoms with Gasteiger partial charge in [0.1, 0.15) is 0 Å². The minimum atomic E-state index is -0.450. The molecule has 64 valence electrons. The van der Waals surface area contributed by atoms with Gasteiger partial charge in [0.25, 0.3) is 0 Å². The van der Waals surface area contributed by atoms with Gasteiger partial charge in [-0.05, 0) is 19.1 Å². The highest BCUT2D eigenvalue weighted by atomic mass is 16.1. The number of aromatic nitrogens is 2. The van der Waals surface area contributed by atoms with E-state index in [0.717, 1.165) is 11.4 Å². The standard InChI is InChI=1S/C8H11N3O/c1-6-5-7(11(2)10-6)3-4-8(9)12/h3-5H,1-2H3,(H2,9,12)/b4-3-. The summed E-state index contributed by atoms with van der Waals surface area (Å²) in [4.78, 5) is 10.4. The third-order valence-corrected chi connectivity index (χ3v) is 1.46. The second-order valence-electron chi connectivity index (χ2n) is 2.57. The van der Waals surface area contributed by atoms with Gasteiger partial charge in [0.2, 0.25) is 5.91 Å². The van der Waals surface area contributed by atoms with Crippen LogP contribution in [0.3, 0.4) is 0 Å². The number of primary amides is 1. The molecule has 0 radical (unpaired) electrons. The topological polar surface area (TPSA) is 60.9 Å². The van der Waals surface area contributed by atoms with Crippen molar-refractivity contribution in [2.45, 2.75) is 6.92 Å². The fraction of sp³-hybridized carbons (Fsp3) is 0.250. The molecule has 4 nitrogen and oxygen atoms in total. The molecule has 0 aliphatic heterocycles. The Kier molecular flexibility index (Phi) is 2.28. The maximum Gasteiger partial charge on any atom is 0.241 e. The first-order valence-electron chi connectivity index (χ1n) is 3.58. The van der Waals surface area contributed by atoms with Crippen molar-refractivity contribution < 1.29 is 4.79 Å². The van der Waals surface area contributed by atoms with Crippen molar-refractivity contribution >= 4 is 12.0 Å². The molecule has 0 aromatic carbocycles. The highest BCUT2D eigenvalue weighted by Crippen LogP contribution is 2.03. The quantitative estimate of drug-likeness (QED) is 0.637. The van der Waals surface area contributed by atoms with Crippen molar-refractivity contribution in [3.8, 4) is 0 Å². The maximum atomic E-state index is 10.4. The van der Waals surface area contributed by atoms with Gasteiger partial charge in [0.15, 0.2) is 0 Å². The Morgan fingerprint density at radius 3 is 2.83 bits per heavy atom. The fourth-order valence-electron chi connectivity index (χ4n) is 0.954. The van der Waals surface area contributed by atoms with E-state index < -0.39 is 5.91 Å². The van der Waals surface area contributed by atoms with Crippen molar-refractivity contribution in [2.24, 2.45) is 12.8 Å². The van der Waals surface area contributed by atoms with Crippen molar-refractivity contribution in [3.63, 3.8) is 0 Å². The molecule has 4 heteroatoms. The second kappa shape index (κ2) is 3.21. The number of aryl methyl sites for hydroxylation is 2. The second-order valence-corrected chi connectivity index (χ2v) is 2.57. The Labute approximate surface area is 70.7 Å². The molecular formula is C8H11N3O. The van der Waals surface area contributed by atoms with E-state index in [-0.39, 0.29) is 0 Å². The number of amides is 1. The van der Waals surface area contributed by atoms with Gasteiger partial charge in [0.05, 0.1) is 11.4 Å². The van der Waals surface area contributed by atoms with Crippen LogP contribution < -0.4 is 5.73 Å². The molecule has 0 saturated heterocycles. The molecule has 0 aliphatic carbocycles. The van der Waals surface area contributed by atoms with E-state index in [1.807, 2.05) is 20.0 Å². The summed E-state index contributed by atoms with van der Waals surface area (Å²) in [6.07, 6.45) is 2.96. The lowest BCUT2D eigenvalue weighted by Gasteiger charge is -1.91. The highest BCUT2D eigenvalue weighted by molar-refractivity contribution is 5.89. The van der Waals surface area contributed by atoms with Crippen molar-refractivity contribution in [1.82, 2.24) is 9.78 Å². The monoisotopic (exact) mass is 165 g/mol. The maximum absolute atomic E-state index is 10.4. The number of hydrogen-bond donors (Lipinski definition) is 1. The zero-order valence-electron chi connectivity index (χ0n) is 7.11. The molecule has 0 aliphatic rings. The van der Waals surface area contributed by atoms with E-state index in [1.54, 1.807) is 10.8 Å². The molecule has 1 aromatic heterocycles. The van der Waals surface area contributed by atoms with Crippen LogP contribution in [0.5, 0.6) is 0 Å². The largest absolute Gasteiger partial charge is 0.366 e. The Morgan fingerprint density at radius 1 is 1.75 bits per heavy atom. The van der Waals surface area contributed by atoms with Gasteiger partial charge in [-0.2, -0.15) is 5.10 Å². The predicted molar refractivity (Wildman–Crippen MR) is 46.2 cm³/mol. The van der Waals surface area contributed by atoms with E-state index in [4.69, 9.17) is 5.73 Å². The van der Waals surface area contributed by atoms with Crippen LogP contribution in [0, 0.1) is 6.92 Å². The Balaban J connectivity index is 2.89. The summed E-state index contributed by atoms with van der Waals surface area (Å²) >= 11 is 0. The summed E-state index contributed by atoms with van der Waals surface area (Å²) in [5.41, 5.74) is 6.73. The lowest BCUT2D eigenvalue weighted by atomic mass is 10.3. The third kappa shape index (κ3) is 1.95. The Morgan fingerprint density at radius 2 is 2.42 bits per heavy atom. The molecule has 1 rings (SSSR count). The third-order valence-electron chi connectivity index (χ3n) is 1.46. The van der Waals surface area contributed by atoms with Gasteiger partial charge >= 0.3 is 0 Å². The van der Waals surface area contributed by atoms with Crippen LogP contribution in [0.1, 0.15) is 11.4 Å².